The molecular formula is C15H32NO3+. The maximum atomic E-state index is 11.5. The number of unbranched alkanes of at least 4 members (excludes halogenated alkanes) is 2. The molecule has 19 heavy (non-hydrogen) atoms. The second kappa shape index (κ2) is 8.54. The van der Waals surface area contributed by atoms with E-state index in [1.54, 1.807) is 7.11 Å². The number of ether oxygens (including phenoxy) is 2. The Bertz CT molecular complexity index is 257. The fourth-order valence-corrected chi connectivity index (χ4v) is 1.83. The number of quaternary nitrogens is 1. The Hall–Kier alpha value is -0.610. The lowest BCUT2D eigenvalue weighted by Crippen LogP contribution is -2.42. The molecule has 0 atom stereocenters. The minimum absolute atomic E-state index is 0.0827. The summed E-state index contributed by atoms with van der Waals surface area (Å²) in [5.41, 5.74) is -0.365. The van der Waals surface area contributed by atoms with Crippen LogP contribution >= 0.6 is 0 Å². The molecule has 0 aromatic heterocycles. The second-order valence-electron chi connectivity index (χ2n) is 6.77. The van der Waals surface area contributed by atoms with E-state index in [0.29, 0.717) is 6.42 Å². The highest BCUT2D eigenvalue weighted by molar-refractivity contribution is 5.69. The molecule has 0 fully saturated rings. The van der Waals surface area contributed by atoms with Gasteiger partial charge < -0.3 is 14.0 Å². The maximum Gasteiger partial charge on any atom is 0.306 e. The van der Waals surface area contributed by atoms with E-state index >= 15 is 0 Å². The predicted octanol–water partition coefficient (Wildman–Crippen LogP) is 2.61. The minimum atomic E-state index is -0.365. The number of nitrogens with zero attached hydrogens (tertiary/aromatic N) is 1. The van der Waals surface area contributed by atoms with E-state index < -0.39 is 0 Å². The number of rotatable bonds is 9. The van der Waals surface area contributed by atoms with Crippen molar-refractivity contribution in [2.45, 2.75) is 52.1 Å². The molecule has 0 saturated heterocycles. The first-order valence-electron chi connectivity index (χ1n) is 7.19. The van der Waals surface area contributed by atoms with E-state index in [9.17, 15) is 4.79 Å². The Balaban J connectivity index is 3.62. The first-order chi connectivity index (χ1) is 8.66. The van der Waals surface area contributed by atoms with E-state index in [4.69, 9.17) is 9.47 Å². The molecular weight excluding hydrogens is 242 g/mol. The first-order valence-corrected chi connectivity index (χ1v) is 7.19. The van der Waals surface area contributed by atoms with Crippen LogP contribution in [0.15, 0.2) is 0 Å². The number of carbonyl (C=O) groups is 1. The molecule has 0 rings (SSSR count). The second-order valence-corrected chi connectivity index (χ2v) is 6.77. The summed E-state index contributed by atoms with van der Waals surface area (Å²) >= 11 is 0. The molecule has 0 heterocycles. The van der Waals surface area contributed by atoms with Crippen molar-refractivity contribution in [3.05, 3.63) is 0 Å². The predicted molar refractivity (Wildman–Crippen MR) is 78.0 cm³/mol. The first kappa shape index (κ1) is 18.4. The van der Waals surface area contributed by atoms with Crippen LogP contribution in [0.2, 0.25) is 0 Å². The van der Waals surface area contributed by atoms with E-state index in [1.165, 1.54) is 0 Å². The molecule has 0 aromatic rings. The summed E-state index contributed by atoms with van der Waals surface area (Å²) in [4.78, 5) is 11.5. The van der Waals surface area contributed by atoms with Crippen molar-refractivity contribution in [3.63, 3.8) is 0 Å². The van der Waals surface area contributed by atoms with E-state index in [2.05, 4.69) is 14.1 Å². The van der Waals surface area contributed by atoms with Crippen molar-refractivity contribution in [1.29, 1.82) is 0 Å². The number of carbonyl (C=O) groups excluding carboxylic acids is 1. The molecule has 0 amide bonds. The van der Waals surface area contributed by atoms with Crippen molar-refractivity contribution in [1.82, 2.24) is 0 Å². The smallest absolute Gasteiger partial charge is 0.306 e. The van der Waals surface area contributed by atoms with Crippen LogP contribution in [0.25, 0.3) is 0 Å². The number of likely N-dealkylation sites (N-methyl/N-ethyl adjacent to an activating group) is 1. The molecule has 0 N–H and O–H groups in total. The van der Waals surface area contributed by atoms with Gasteiger partial charge in [0.05, 0.1) is 27.2 Å². The minimum Gasteiger partial charge on any atom is -0.460 e. The van der Waals surface area contributed by atoms with Gasteiger partial charge in [-0.15, -0.1) is 0 Å². The van der Waals surface area contributed by atoms with Crippen LogP contribution in [0.3, 0.4) is 0 Å². The maximum absolute atomic E-state index is 11.5. The fraction of sp³-hybridized carbons (Fsp3) is 0.933. The van der Waals surface area contributed by atoms with Gasteiger partial charge in [-0.3, -0.25) is 4.79 Å². The van der Waals surface area contributed by atoms with Crippen molar-refractivity contribution < 1.29 is 18.8 Å². The van der Waals surface area contributed by atoms with Gasteiger partial charge in [-0.2, -0.15) is 0 Å². The Kier molecular flexibility index (Phi) is 8.26. The van der Waals surface area contributed by atoms with Crippen LogP contribution < -0.4 is 0 Å². The molecule has 0 unspecified atom stereocenters. The highest BCUT2D eigenvalue weighted by Gasteiger charge is 2.16. The van der Waals surface area contributed by atoms with Gasteiger partial charge in [0, 0.05) is 13.5 Å². The lowest BCUT2D eigenvalue weighted by Gasteiger charge is -2.29. The molecule has 0 aliphatic carbocycles. The molecule has 0 spiro atoms. The number of methoxy groups -OCH3 is 1. The molecule has 0 aliphatic rings. The van der Waals surface area contributed by atoms with Gasteiger partial charge in [-0.05, 0) is 40.0 Å². The van der Waals surface area contributed by atoms with Crippen LogP contribution in [-0.4, -0.2) is 57.0 Å². The van der Waals surface area contributed by atoms with Gasteiger partial charge in [0.15, 0.2) is 0 Å². The summed E-state index contributed by atoms with van der Waals surface area (Å²) < 4.78 is 11.4. The monoisotopic (exact) mass is 274 g/mol. The number of hydrogen-bond acceptors (Lipinski definition) is 3. The largest absolute Gasteiger partial charge is 0.460 e. The summed E-state index contributed by atoms with van der Waals surface area (Å²) in [6, 6.07) is 0. The average Bonchev–Trinajstić information content (AvgIpc) is 2.23. The lowest BCUT2D eigenvalue weighted by atomic mass is 10.1. The van der Waals surface area contributed by atoms with Gasteiger partial charge in [0.2, 0.25) is 0 Å². The fourth-order valence-electron chi connectivity index (χ4n) is 1.83. The van der Waals surface area contributed by atoms with Crippen molar-refractivity contribution in [2.75, 3.05) is 40.9 Å². The van der Waals surface area contributed by atoms with E-state index in [0.717, 1.165) is 43.4 Å². The highest BCUT2D eigenvalue weighted by Crippen LogP contribution is 2.11. The number of esters is 1. The Morgan fingerprint density at radius 2 is 1.68 bits per heavy atom. The van der Waals surface area contributed by atoms with Crippen LogP contribution in [0, 0.1) is 0 Å². The standard InChI is InChI=1S/C15H32NO3/c1-15(2,3)19-14(17)10-8-7-9-11-16(4,5)12-13-18-6/h7-13H2,1-6H3/q+1. The van der Waals surface area contributed by atoms with Gasteiger partial charge in [-0.25, -0.2) is 0 Å². The normalized spacial score (nSPS) is 12.5. The molecule has 0 saturated carbocycles. The van der Waals surface area contributed by atoms with Gasteiger partial charge in [-0.1, -0.05) is 0 Å². The van der Waals surface area contributed by atoms with E-state index in [1.807, 2.05) is 20.8 Å². The Labute approximate surface area is 118 Å². The topological polar surface area (TPSA) is 35.5 Å². The van der Waals surface area contributed by atoms with Crippen molar-refractivity contribution in [2.24, 2.45) is 0 Å². The summed E-state index contributed by atoms with van der Waals surface area (Å²) in [7, 11) is 6.17. The van der Waals surface area contributed by atoms with E-state index in [-0.39, 0.29) is 11.6 Å². The van der Waals surface area contributed by atoms with Crippen LogP contribution in [-0.2, 0) is 14.3 Å². The van der Waals surface area contributed by atoms with Crippen molar-refractivity contribution in [3.8, 4) is 0 Å². The third-order valence-electron chi connectivity index (χ3n) is 2.97. The van der Waals surface area contributed by atoms with Gasteiger partial charge in [0.25, 0.3) is 0 Å². The third kappa shape index (κ3) is 12.2. The quantitative estimate of drug-likeness (QED) is 0.368. The molecule has 0 radical (unpaired) electrons. The molecule has 0 aliphatic heterocycles. The molecule has 4 nitrogen and oxygen atoms in total. The van der Waals surface area contributed by atoms with Crippen LogP contribution in [0.1, 0.15) is 46.5 Å². The van der Waals surface area contributed by atoms with Crippen LogP contribution in [0.5, 0.6) is 0 Å². The average molecular weight is 274 g/mol. The van der Waals surface area contributed by atoms with Crippen LogP contribution in [0.4, 0.5) is 0 Å². The number of hydrogen-bond donors (Lipinski definition) is 0. The zero-order valence-corrected chi connectivity index (χ0v) is 13.6. The summed E-state index contributed by atoms with van der Waals surface area (Å²) in [5.74, 6) is -0.0827. The molecule has 0 bridgehead atoms. The van der Waals surface area contributed by atoms with Gasteiger partial charge >= 0.3 is 5.97 Å². The van der Waals surface area contributed by atoms with Crippen molar-refractivity contribution >= 4 is 5.97 Å². The Morgan fingerprint density at radius 3 is 2.21 bits per heavy atom. The zero-order valence-electron chi connectivity index (χ0n) is 13.6. The Morgan fingerprint density at radius 1 is 1.05 bits per heavy atom. The molecule has 4 heteroatoms. The third-order valence-corrected chi connectivity index (χ3v) is 2.97. The summed E-state index contributed by atoms with van der Waals surface area (Å²) in [5, 5.41) is 0. The highest BCUT2D eigenvalue weighted by atomic mass is 16.6. The van der Waals surface area contributed by atoms with Gasteiger partial charge in [0.1, 0.15) is 12.1 Å². The summed E-state index contributed by atoms with van der Waals surface area (Å²) in [6.07, 6.45) is 3.66. The SMILES string of the molecule is COCC[N+](C)(C)CCCCCC(=O)OC(C)(C)C. The molecule has 114 valence electrons. The molecule has 0 aromatic carbocycles. The lowest BCUT2D eigenvalue weighted by molar-refractivity contribution is -0.890. The summed E-state index contributed by atoms with van der Waals surface area (Å²) in [6.45, 7) is 8.66. The zero-order chi connectivity index (χ0) is 14.9.